The summed E-state index contributed by atoms with van der Waals surface area (Å²) in [6, 6.07) is 14.7. The largest absolute Gasteiger partial charge is 0.484 e. The molecule has 2 aromatic carbocycles. The summed E-state index contributed by atoms with van der Waals surface area (Å²) in [5.41, 5.74) is 2.80. The van der Waals surface area contributed by atoms with Gasteiger partial charge in [0.25, 0.3) is 5.91 Å². The molecule has 0 saturated heterocycles. The van der Waals surface area contributed by atoms with Crippen LogP contribution in [0.15, 0.2) is 59.2 Å². The molecule has 0 radical (unpaired) electrons. The molecule has 0 saturated carbocycles. The first kappa shape index (κ1) is 20.3. The minimum absolute atomic E-state index is 0.0746. The van der Waals surface area contributed by atoms with E-state index in [1.807, 2.05) is 56.3 Å². The maximum absolute atomic E-state index is 12.9. The lowest BCUT2D eigenvalue weighted by Crippen LogP contribution is -2.34. The fourth-order valence-corrected chi connectivity index (χ4v) is 3.09. The van der Waals surface area contributed by atoms with Crippen molar-refractivity contribution in [3.63, 3.8) is 0 Å². The number of rotatable bonds is 7. The van der Waals surface area contributed by atoms with Crippen LogP contribution < -0.4 is 4.74 Å². The number of hydrogen-bond acceptors (Lipinski definition) is 3. The molecule has 4 nitrogen and oxygen atoms in total. The highest BCUT2D eigenvalue weighted by atomic mass is 35.5. The van der Waals surface area contributed by atoms with Crippen LogP contribution in [0.5, 0.6) is 5.75 Å². The second kappa shape index (κ2) is 9.18. The fourth-order valence-electron chi connectivity index (χ4n) is 2.86. The average Bonchev–Trinajstić information content (AvgIpc) is 3.18. The molecule has 0 N–H and O–H groups in total. The Balaban J connectivity index is 1.71. The SMILES string of the molecule is Cc1cc(OCC(=O)N(Cc2ccc(Cl)cc2)Cc2ccco2)cc(C)c1Cl. The van der Waals surface area contributed by atoms with Gasteiger partial charge >= 0.3 is 0 Å². The van der Waals surface area contributed by atoms with E-state index in [0.29, 0.717) is 34.6 Å². The van der Waals surface area contributed by atoms with Crippen LogP contribution in [0.4, 0.5) is 0 Å². The second-order valence-electron chi connectivity index (χ2n) is 6.62. The molecular weight excluding hydrogens is 397 g/mol. The molecule has 0 aliphatic heterocycles. The third-order valence-electron chi connectivity index (χ3n) is 4.34. The molecule has 6 heteroatoms. The Morgan fingerprint density at radius 1 is 1.04 bits per heavy atom. The van der Waals surface area contributed by atoms with Gasteiger partial charge in [-0.05, 0) is 66.9 Å². The number of aryl methyl sites for hydroxylation is 2. The molecular formula is C22H21Cl2NO3. The molecule has 0 bridgehead atoms. The Labute approximate surface area is 174 Å². The van der Waals surface area contributed by atoms with Crippen molar-refractivity contribution >= 4 is 29.1 Å². The predicted molar refractivity (Wildman–Crippen MR) is 111 cm³/mol. The molecule has 1 amide bonds. The standard InChI is InChI=1S/C22H21Cl2NO3/c1-15-10-20(11-16(2)22(15)24)28-14-21(26)25(13-19-4-3-9-27-19)12-17-5-7-18(23)8-6-17/h3-11H,12-14H2,1-2H3. The van der Waals surface area contributed by atoms with Crippen LogP contribution in [0.25, 0.3) is 0 Å². The highest BCUT2D eigenvalue weighted by Crippen LogP contribution is 2.26. The lowest BCUT2D eigenvalue weighted by molar-refractivity contribution is -0.134. The van der Waals surface area contributed by atoms with Crippen molar-refractivity contribution in [2.75, 3.05) is 6.61 Å². The molecule has 28 heavy (non-hydrogen) atoms. The number of benzene rings is 2. The number of carbonyl (C=O) groups excluding carboxylic acids is 1. The highest BCUT2D eigenvalue weighted by Gasteiger charge is 2.17. The lowest BCUT2D eigenvalue weighted by atomic mass is 10.1. The quantitative estimate of drug-likeness (QED) is 0.486. The molecule has 0 atom stereocenters. The van der Waals surface area contributed by atoms with Gasteiger partial charge in [-0.2, -0.15) is 0 Å². The van der Waals surface area contributed by atoms with E-state index >= 15 is 0 Å². The Bertz CT molecular complexity index is 914. The van der Waals surface area contributed by atoms with Crippen molar-refractivity contribution < 1.29 is 13.9 Å². The monoisotopic (exact) mass is 417 g/mol. The number of carbonyl (C=O) groups is 1. The molecule has 0 aliphatic carbocycles. The van der Waals surface area contributed by atoms with Crippen LogP contribution >= 0.6 is 23.2 Å². The first-order valence-electron chi connectivity index (χ1n) is 8.86. The van der Waals surface area contributed by atoms with E-state index in [-0.39, 0.29) is 12.5 Å². The van der Waals surface area contributed by atoms with Gasteiger partial charge in [0.2, 0.25) is 0 Å². The maximum Gasteiger partial charge on any atom is 0.261 e. The van der Waals surface area contributed by atoms with Crippen LogP contribution in [0.1, 0.15) is 22.5 Å². The summed E-state index contributed by atoms with van der Waals surface area (Å²) in [7, 11) is 0. The summed E-state index contributed by atoms with van der Waals surface area (Å²) in [5, 5.41) is 1.37. The summed E-state index contributed by atoms with van der Waals surface area (Å²) in [6.45, 7) is 4.53. The average molecular weight is 418 g/mol. The zero-order valence-corrected chi connectivity index (χ0v) is 17.3. The van der Waals surface area contributed by atoms with Gasteiger partial charge in [-0.25, -0.2) is 0 Å². The predicted octanol–water partition coefficient (Wildman–Crippen LogP) is 5.81. The summed E-state index contributed by atoms with van der Waals surface area (Å²) in [6.07, 6.45) is 1.59. The van der Waals surface area contributed by atoms with Gasteiger partial charge in [-0.3, -0.25) is 4.79 Å². The molecule has 0 unspecified atom stereocenters. The van der Waals surface area contributed by atoms with Gasteiger partial charge in [0.15, 0.2) is 6.61 Å². The van der Waals surface area contributed by atoms with Crippen LogP contribution in [0.2, 0.25) is 10.0 Å². The number of nitrogens with zero attached hydrogens (tertiary/aromatic N) is 1. The van der Waals surface area contributed by atoms with Crippen LogP contribution in [0.3, 0.4) is 0 Å². The number of furan rings is 1. The highest BCUT2D eigenvalue weighted by molar-refractivity contribution is 6.32. The van der Waals surface area contributed by atoms with Crippen molar-refractivity contribution in [2.24, 2.45) is 0 Å². The van der Waals surface area contributed by atoms with Crippen molar-refractivity contribution in [1.29, 1.82) is 0 Å². The van der Waals surface area contributed by atoms with E-state index in [0.717, 1.165) is 16.7 Å². The number of halogens is 2. The summed E-state index contributed by atoms with van der Waals surface area (Å²) >= 11 is 12.1. The summed E-state index contributed by atoms with van der Waals surface area (Å²) < 4.78 is 11.1. The number of ether oxygens (including phenoxy) is 1. The molecule has 3 aromatic rings. The zero-order valence-electron chi connectivity index (χ0n) is 15.7. The maximum atomic E-state index is 12.9. The van der Waals surface area contributed by atoms with Gasteiger partial charge in [0.1, 0.15) is 11.5 Å². The topological polar surface area (TPSA) is 42.7 Å². The normalized spacial score (nSPS) is 10.7. The minimum atomic E-state index is -0.142. The van der Waals surface area contributed by atoms with E-state index in [9.17, 15) is 4.79 Å². The smallest absolute Gasteiger partial charge is 0.261 e. The fraction of sp³-hybridized carbons (Fsp3) is 0.227. The molecule has 0 spiro atoms. The summed E-state index contributed by atoms with van der Waals surface area (Å²) in [5.74, 6) is 1.19. The molecule has 3 rings (SSSR count). The third-order valence-corrected chi connectivity index (χ3v) is 5.19. The van der Waals surface area contributed by atoms with E-state index in [4.69, 9.17) is 32.4 Å². The van der Waals surface area contributed by atoms with Crippen LogP contribution in [-0.2, 0) is 17.9 Å². The zero-order chi connectivity index (χ0) is 20.1. The molecule has 0 fully saturated rings. The minimum Gasteiger partial charge on any atom is -0.484 e. The van der Waals surface area contributed by atoms with E-state index in [2.05, 4.69) is 0 Å². The van der Waals surface area contributed by atoms with E-state index in [1.54, 1.807) is 17.2 Å². The lowest BCUT2D eigenvalue weighted by Gasteiger charge is -2.22. The third kappa shape index (κ3) is 5.31. The Kier molecular flexibility index (Phi) is 6.65. The van der Waals surface area contributed by atoms with E-state index in [1.165, 1.54) is 0 Å². The van der Waals surface area contributed by atoms with Gasteiger partial charge in [-0.1, -0.05) is 35.3 Å². The van der Waals surface area contributed by atoms with Crippen molar-refractivity contribution in [2.45, 2.75) is 26.9 Å². The van der Waals surface area contributed by atoms with Crippen molar-refractivity contribution in [1.82, 2.24) is 4.90 Å². The Morgan fingerprint density at radius 3 is 2.32 bits per heavy atom. The van der Waals surface area contributed by atoms with Gasteiger partial charge < -0.3 is 14.1 Å². The molecule has 1 aromatic heterocycles. The second-order valence-corrected chi connectivity index (χ2v) is 7.43. The van der Waals surface area contributed by atoms with Gasteiger partial charge in [0.05, 0.1) is 12.8 Å². The Hall–Kier alpha value is -2.43. The number of amides is 1. The van der Waals surface area contributed by atoms with Crippen molar-refractivity contribution in [3.8, 4) is 5.75 Å². The first-order valence-corrected chi connectivity index (χ1v) is 9.62. The van der Waals surface area contributed by atoms with Crippen LogP contribution in [0, 0.1) is 13.8 Å². The summed E-state index contributed by atoms with van der Waals surface area (Å²) in [4.78, 5) is 14.6. The molecule has 146 valence electrons. The first-order chi connectivity index (χ1) is 13.4. The van der Waals surface area contributed by atoms with E-state index < -0.39 is 0 Å². The van der Waals surface area contributed by atoms with Gasteiger partial charge in [0, 0.05) is 16.6 Å². The Morgan fingerprint density at radius 2 is 1.71 bits per heavy atom. The van der Waals surface area contributed by atoms with Gasteiger partial charge in [-0.15, -0.1) is 0 Å². The number of hydrogen-bond donors (Lipinski definition) is 0. The van der Waals surface area contributed by atoms with Crippen molar-refractivity contribution in [3.05, 3.63) is 87.3 Å². The van der Waals surface area contributed by atoms with Crippen LogP contribution in [-0.4, -0.2) is 17.4 Å². The molecule has 0 aliphatic rings. The molecule has 1 heterocycles.